The second-order valence-electron chi connectivity index (χ2n) is 0.0833. The largest absolute Gasteiger partial charge is 0.303 e. The smallest absolute Gasteiger partial charge is 0.241 e. The van der Waals surface area contributed by atoms with Gasteiger partial charge < -0.3 is 0 Å². The summed E-state index contributed by atoms with van der Waals surface area (Å²) >= 11 is 0. The zero-order valence-corrected chi connectivity index (χ0v) is 5.66. The fourth-order valence-corrected chi connectivity index (χ4v) is 0. The van der Waals surface area contributed by atoms with E-state index < -0.39 is 8.34 Å². The second kappa shape index (κ2) is 9.53. The number of hydrogen-bond donors (Lipinski definition) is 0. The molecule has 24 valence electrons. The molecule has 4 heavy (non-hydrogen) atoms. The molecule has 0 N–H and O–H groups in total. The summed E-state index contributed by atoms with van der Waals surface area (Å²) in [6.07, 6.45) is 0. The van der Waals surface area contributed by atoms with Gasteiger partial charge in [-0.2, -0.15) is 0 Å². The normalized spacial score (nSPS) is 3.00. The van der Waals surface area contributed by atoms with E-state index in [1.807, 2.05) is 0 Å². The molecule has 0 spiro atoms. The van der Waals surface area contributed by atoms with E-state index >= 15 is 0 Å². The van der Waals surface area contributed by atoms with E-state index in [-0.39, 0.29) is 21.1 Å². The zero-order valence-electron chi connectivity index (χ0n) is 1.72. The Kier molecular flexibility index (Phi) is 21.0. The molecule has 0 atom stereocenters. The molecule has 2 nitrogen and oxygen atoms in total. The molecule has 0 rings (SSSR count). The van der Waals surface area contributed by atoms with Gasteiger partial charge in [0.2, 0.25) is 0 Å². The number of hydrogen-bond acceptors (Lipinski definition) is 2. The summed E-state index contributed by atoms with van der Waals surface area (Å²) in [6, 6.07) is 0. The molecule has 4 heteroatoms. The van der Waals surface area contributed by atoms with E-state index in [0.29, 0.717) is 0 Å². The quantitative estimate of drug-likeness (QED) is 0.579. The maximum absolute atomic E-state index is 8.40. The molecule has 0 unspecified atom stereocenters. The molecule has 0 radical (unpaired) electrons. The zero-order chi connectivity index (χ0) is 2.71. The van der Waals surface area contributed by atoms with Crippen molar-refractivity contribution >= 4 is 8.34 Å². The molecular weight excluding hydrogens is 247 g/mol. The predicted molar refractivity (Wildman–Crippen MR) is 9.69 cm³/mol. The van der Waals surface area contributed by atoms with Gasteiger partial charge in [0.05, 0.1) is 0 Å². The monoisotopic (exact) mass is 248 g/mol. The van der Waals surface area contributed by atoms with Crippen LogP contribution in [0.25, 0.3) is 0 Å². The molecule has 0 aliphatic heterocycles. The average Bonchev–Trinajstić information content (AvgIpc) is 0.918. The van der Waals surface area contributed by atoms with Crippen molar-refractivity contribution in [3.63, 3.8) is 0 Å². The van der Waals surface area contributed by atoms with Crippen molar-refractivity contribution in [1.82, 2.24) is 0 Å². The third kappa shape index (κ3) is 18.9. The minimum atomic E-state index is -1.42. The predicted octanol–water partition coefficient (Wildman–Crippen LogP) is 0.353. The SMILES string of the molecule is O=[PH]=O.[W]. The molecule has 0 amide bonds. The summed E-state index contributed by atoms with van der Waals surface area (Å²) in [5.74, 6) is 0. The van der Waals surface area contributed by atoms with Crippen LogP contribution in [-0.2, 0) is 30.2 Å². The Morgan fingerprint density at radius 3 is 1.25 bits per heavy atom. The van der Waals surface area contributed by atoms with Crippen LogP contribution in [0.4, 0.5) is 0 Å². The summed E-state index contributed by atoms with van der Waals surface area (Å²) < 4.78 is 16.8. The molecule has 0 aromatic heterocycles. The molecule has 0 aliphatic rings. The maximum atomic E-state index is 8.40. The van der Waals surface area contributed by atoms with E-state index in [0.717, 1.165) is 0 Å². The summed E-state index contributed by atoms with van der Waals surface area (Å²) in [6.45, 7) is 0. The summed E-state index contributed by atoms with van der Waals surface area (Å²) in [4.78, 5) is 0. The Morgan fingerprint density at radius 1 is 1.25 bits per heavy atom. The molecule has 0 aromatic rings. The summed E-state index contributed by atoms with van der Waals surface area (Å²) in [5.41, 5.74) is 0. The van der Waals surface area contributed by atoms with Gasteiger partial charge in [-0.1, -0.05) is 0 Å². The van der Waals surface area contributed by atoms with Crippen LogP contribution < -0.4 is 0 Å². The summed E-state index contributed by atoms with van der Waals surface area (Å²) in [7, 11) is -1.42. The van der Waals surface area contributed by atoms with Crippen LogP contribution >= 0.6 is 8.34 Å². The summed E-state index contributed by atoms with van der Waals surface area (Å²) in [5, 5.41) is 0. The first-order valence-corrected chi connectivity index (χ1v) is 1.22. The van der Waals surface area contributed by atoms with Crippen LogP contribution in [0.15, 0.2) is 0 Å². The van der Waals surface area contributed by atoms with Crippen molar-refractivity contribution in [2.24, 2.45) is 0 Å². The van der Waals surface area contributed by atoms with E-state index in [9.17, 15) is 0 Å². The third-order valence-electron chi connectivity index (χ3n) is 0. The van der Waals surface area contributed by atoms with Crippen LogP contribution in [0.1, 0.15) is 0 Å². The molecular formula is HO2PW. The van der Waals surface area contributed by atoms with Gasteiger partial charge in [0.1, 0.15) is 0 Å². The van der Waals surface area contributed by atoms with Gasteiger partial charge in [-0.15, -0.1) is 0 Å². The fraction of sp³-hybridized carbons (Fsp3) is 0. The molecule has 0 aromatic carbocycles. The Hall–Kier alpha value is 0.588. The van der Waals surface area contributed by atoms with Gasteiger partial charge in [0.25, 0.3) is 0 Å². The molecule has 0 saturated heterocycles. The minimum Gasteiger partial charge on any atom is -0.241 e. The van der Waals surface area contributed by atoms with Gasteiger partial charge in [0, 0.05) is 21.1 Å². The Balaban J connectivity index is 0. The average molecular weight is 248 g/mol. The molecule has 0 fully saturated rings. The topological polar surface area (TPSA) is 34.1 Å². The van der Waals surface area contributed by atoms with Crippen LogP contribution in [0.5, 0.6) is 0 Å². The van der Waals surface area contributed by atoms with Crippen LogP contribution in [-0.4, -0.2) is 0 Å². The van der Waals surface area contributed by atoms with Crippen molar-refractivity contribution in [1.29, 1.82) is 0 Å². The van der Waals surface area contributed by atoms with Crippen LogP contribution in [0.3, 0.4) is 0 Å². The van der Waals surface area contributed by atoms with E-state index in [1.165, 1.54) is 0 Å². The number of rotatable bonds is 0. The fourth-order valence-electron chi connectivity index (χ4n) is 0. The van der Waals surface area contributed by atoms with Crippen LogP contribution in [0.2, 0.25) is 0 Å². The second-order valence-corrected chi connectivity index (χ2v) is 0.250. The Labute approximate surface area is 39.1 Å². The van der Waals surface area contributed by atoms with Crippen molar-refractivity contribution in [3.8, 4) is 0 Å². The van der Waals surface area contributed by atoms with Crippen molar-refractivity contribution in [2.75, 3.05) is 0 Å². The van der Waals surface area contributed by atoms with Crippen molar-refractivity contribution in [2.45, 2.75) is 0 Å². The first-order valence-electron chi connectivity index (χ1n) is 0.408. The van der Waals surface area contributed by atoms with E-state index in [2.05, 4.69) is 0 Å². The Bertz CT molecular complexity index is 27.0. The molecule has 0 heterocycles. The van der Waals surface area contributed by atoms with Gasteiger partial charge in [-0.05, 0) is 0 Å². The van der Waals surface area contributed by atoms with Gasteiger partial charge >= 0.3 is 8.34 Å². The van der Waals surface area contributed by atoms with Crippen molar-refractivity contribution in [3.05, 3.63) is 0 Å². The Morgan fingerprint density at radius 2 is 1.25 bits per heavy atom. The van der Waals surface area contributed by atoms with E-state index in [1.54, 1.807) is 0 Å². The molecule has 0 saturated carbocycles. The maximum Gasteiger partial charge on any atom is 0.303 e. The molecule has 0 bridgehead atoms. The minimum absolute atomic E-state index is 0. The first-order chi connectivity index (χ1) is 1.41. The van der Waals surface area contributed by atoms with E-state index in [4.69, 9.17) is 9.13 Å². The first kappa shape index (κ1) is 8.82. The van der Waals surface area contributed by atoms with Crippen molar-refractivity contribution < 1.29 is 30.2 Å². The standard InChI is InChI=1S/HO2P.W/c1-3-2;/h3H;. The molecule has 0 aliphatic carbocycles. The van der Waals surface area contributed by atoms with Gasteiger partial charge in [0.15, 0.2) is 0 Å². The van der Waals surface area contributed by atoms with Gasteiger partial charge in [-0.3, -0.25) is 0 Å². The van der Waals surface area contributed by atoms with Gasteiger partial charge in [-0.25, -0.2) is 9.13 Å². The van der Waals surface area contributed by atoms with Crippen LogP contribution in [0, 0.1) is 0 Å². The third-order valence-corrected chi connectivity index (χ3v) is 0.